The minimum Gasteiger partial charge on any atom is -0.317 e. The molecule has 0 saturated heterocycles. The molecule has 19 heavy (non-hydrogen) atoms. The van der Waals surface area contributed by atoms with Crippen LogP contribution in [-0.4, -0.2) is 27.9 Å². The molecule has 0 aromatic carbocycles. The summed E-state index contributed by atoms with van der Waals surface area (Å²) >= 11 is 3.40. The second-order valence-corrected chi connectivity index (χ2v) is 5.42. The van der Waals surface area contributed by atoms with Gasteiger partial charge in [-0.2, -0.15) is 5.10 Å². The van der Waals surface area contributed by atoms with Crippen molar-refractivity contribution in [3.8, 4) is 5.82 Å². The average Bonchev–Trinajstić information content (AvgIpc) is 2.68. The molecule has 0 aliphatic heterocycles. The molecule has 0 aliphatic rings. The minimum absolute atomic E-state index is 0.860. The van der Waals surface area contributed by atoms with E-state index >= 15 is 0 Å². The Morgan fingerprint density at radius 2 is 2.11 bits per heavy atom. The lowest BCUT2D eigenvalue weighted by Crippen LogP contribution is -2.16. The number of aromatic nitrogens is 3. The zero-order valence-electron chi connectivity index (χ0n) is 11.6. The van der Waals surface area contributed by atoms with Crippen LogP contribution in [0.2, 0.25) is 0 Å². The maximum Gasteiger partial charge on any atom is 0.153 e. The molecule has 2 rings (SSSR count). The predicted molar refractivity (Wildman–Crippen MR) is 80.8 cm³/mol. The lowest BCUT2D eigenvalue weighted by atomic mass is 10.1. The van der Waals surface area contributed by atoms with E-state index in [2.05, 4.69) is 52.1 Å². The van der Waals surface area contributed by atoms with Crippen molar-refractivity contribution in [3.63, 3.8) is 0 Å². The van der Waals surface area contributed by atoms with Crippen LogP contribution in [0.1, 0.15) is 23.9 Å². The van der Waals surface area contributed by atoms with Crippen molar-refractivity contribution in [2.45, 2.75) is 27.2 Å². The fourth-order valence-corrected chi connectivity index (χ4v) is 2.38. The monoisotopic (exact) mass is 322 g/mol. The van der Waals surface area contributed by atoms with Crippen LogP contribution in [-0.2, 0) is 6.42 Å². The zero-order chi connectivity index (χ0) is 13.8. The number of halogens is 1. The third-order valence-electron chi connectivity index (χ3n) is 3.17. The van der Waals surface area contributed by atoms with Gasteiger partial charge in [-0.1, -0.05) is 6.92 Å². The van der Waals surface area contributed by atoms with E-state index in [4.69, 9.17) is 0 Å². The molecular formula is C14H19BrN4. The lowest BCUT2D eigenvalue weighted by molar-refractivity contribution is 0.712. The van der Waals surface area contributed by atoms with E-state index in [9.17, 15) is 0 Å². The topological polar surface area (TPSA) is 42.7 Å². The Kier molecular flexibility index (Phi) is 4.71. The first-order valence-corrected chi connectivity index (χ1v) is 7.30. The van der Waals surface area contributed by atoms with Crippen molar-refractivity contribution in [1.29, 1.82) is 0 Å². The van der Waals surface area contributed by atoms with Crippen molar-refractivity contribution < 1.29 is 0 Å². The third-order valence-corrected chi connectivity index (χ3v) is 3.64. The number of likely N-dealkylation sites (N-methyl/N-ethyl adjacent to an activating group) is 1. The van der Waals surface area contributed by atoms with Gasteiger partial charge in [0.05, 0.1) is 5.69 Å². The van der Waals surface area contributed by atoms with Crippen LogP contribution in [0.15, 0.2) is 22.8 Å². The van der Waals surface area contributed by atoms with Crippen LogP contribution < -0.4 is 5.32 Å². The van der Waals surface area contributed by atoms with Crippen molar-refractivity contribution in [1.82, 2.24) is 20.1 Å². The first-order valence-electron chi connectivity index (χ1n) is 6.51. The van der Waals surface area contributed by atoms with E-state index in [-0.39, 0.29) is 0 Å². The molecule has 5 heteroatoms. The maximum atomic E-state index is 4.60. The van der Waals surface area contributed by atoms with Gasteiger partial charge in [-0.3, -0.25) is 0 Å². The van der Waals surface area contributed by atoms with Gasteiger partial charge in [0.25, 0.3) is 0 Å². The summed E-state index contributed by atoms with van der Waals surface area (Å²) in [5.41, 5.74) is 3.57. The summed E-state index contributed by atoms with van der Waals surface area (Å²) < 4.78 is 2.90. The van der Waals surface area contributed by atoms with E-state index in [0.717, 1.165) is 35.5 Å². The Morgan fingerprint density at radius 3 is 2.74 bits per heavy atom. The van der Waals surface area contributed by atoms with Crippen molar-refractivity contribution in [2.75, 3.05) is 13.1 Å². The highest BCUT2D eigenvalue weighted by Crippen LogP contribution is 2.18. The molecule has 0 saturated carbocycles. The van der Waals surface area contributed by atoms with E-state index < -0.39 is 0 Å². The first kappa shape index (κ1) is 14.2. The van der Waals surface area contributed by atoms with Gasteiger partial charge < -0.3 is 5.32 Å². The summed E-state index contributed by atoms with van der Waals surface area (Å²) in [4.78, 5) is 4.40. The highest BCUT2D eigenvalue weighted by molar-refractivity contribution is 9.10. The molecule has 0 amide bonds. The van der Waals surface area contributed by atoms with Crippen LogP contribution >= 0.6 is 15.9 Å². The van der Waals surface area contributed by atoms with Gasteiger partial charge in [0.15, 0.2) is 5.82 Å². The van der Waals surface area contributed by atoms with Crippen molar-refractivity contribution in [3.05, 3.63) is 39.8 Å². The normalized spacial score (nSPS) is 10.9. The highest BCUT2D eigenvalue weighted by Gasteiger charge is 2.12. The number of hydrogen-bond donors (Lipinski definition) is 1. The molecular weight excluding hydrogens is 304 g/mol. The van der Waals surface area contributed by atoms with Crippen LogP contribution in [0.5, 0.6) is 0 Å². The molecule has 0 radical (unpaired) electrons. The predicted octanol–water partition coefficient (Wildman–Crippen LogP) is 2.80. The Morgan fingerprint density at radius 1 is 1.32 bits per heavy atom. The molecule has 0 aliphatic carbocycles. The number of hydrogen-bond acceptors (Lipinski definition) is 3. The summed E-state index contributed by atoms with van der Waals surface area (Å²) in [6, 6.07) is 3.95. The number of nitrogens with one attached hydrogen (secondary N) is 1. The van der Waals surface area contributed by atoms with E-state index in [1.807, 2.05) is 16.8 Å². The van der Waals surface area contributed by atoms with Crippen LogP contribution in [0.3, 0.4) is 0 Å². The summed E-state index contributed by atoms with van der Waals surface area (Å²) in [5, 5.41) is 7.95. The Bertz CT molecular complexity index is 545. The van der Waals surface area contributed by atoms with Gasteiger partial charge >= 0.3 is 0 Å². The average molecular weight is 323 g/mol. The third kappa shape index (κ3) is 3.22. The molecule has 0 unspecified atom stereocenters. The van der Waals surface area contributed by atoms with E-state index in [1.54, 1.807) is 6.20 Å². The molecule has 0 fully saturated rings. The number of pyridine rings is 1. The Hall–Kier alpha value is -1.20. The van der Waals surface area contributed by atoms with Gasteiger partial charge in [-0.25, -0.2) is 9.67 Å². The summed E-state index contributed by atoms with van der Waals surface area (Å²) in [5.74, 6) is 0.860. The minimum atomic E-state index is 0.860. The number of rotatable bonds is 5. The maximum absolute atomic E-state index is 4.60. The van der Waals surface area contributed by atoms with Gasteiger partial charge in [0.2, 0.25) is 0 Å². The summed E-state index contributed by atoms with van der Waals surface area (Å²) in [6.45, 7) is 8.27. The summed E-state index contributed by atoms with van der Waals surface area (Å²) in [7, 11) is 0. The second kappa shape index (κ2) is 6.30. The smallest absolute Gasteiger partial charge is 0.153 e. The molecule has 2 aromatic rings. The highest BCUT2D eigenvalue weighted by atomic mass is 79.9. The SMILES string of the molecule is CCNCCc1c(C)nn(-c2ccc(Br)cn2)c1C. The Labute approximate surface area is 122 Å². The molecule has 2 aromatic heterocycles. The number of nitrogens with zero attached hydrogens (tertiary/aromatic N) is 3. The van der Waals surface area contributed by atoms with Gasteiger partial charge in [0, 0.05) is 16.4 Å². The molecule has 1 N–H and O–H groups in total. The van der Waals surface area contributed by atoms with E-state index in [0.29, 0.717) is 0 Å². The molecule has 2 heterocycles. The fourth-order valence-electron chi connectivity index (χ4n) is 2.14. The molecule has 4 nitrogen and oxygen atoms in total. The fraction of sp³-hybridized carbons (Fsp3) is 0.429. The molecule has 0 bridgehead atoms. The first-order chi connectivity index (χ1) is 9.13. The van der Waals surface area contributed by atoms with Crippen molar-refractivity contribution >= 4 is 15.9 Å². The van der Waals surface area contributed by atoms with Crippen molar-refractivity contribution in [2.24, 2.45) is 0 Å². The zero-order valence-corrected chi connectivity index (χ0v) is 13.2. The van der Waals surface area contributed by atoms with Gasteiger partial charge in [0.1, 0.15) is 0 Å². The quantitative estimate of drug-likeness (QED) is 0.861. The summed E-state index contributed by atoms with van der Waals surface area (Å²) in [6.07, 6.45) is 2.80. The standard InChI is InChI=1S/C14H19BrN4/c1-4-16-8-7-13-10(2)18-19(11(13)3)14-6-5-12(15)9-17-14/h5-6,9,16H,4,7-8H2,1-3H3. The molecule has 102 valence electrons. The largest absolute Gasteiger partial charge is 0.317 e. The van der Waals surface area contributed by atoms with Crippen LogP contribution in [0.25, 0.3) is 5.82 Å². The molecule has 0 spiro atoms. The lowest BCUT2D eigenvalue weighted by Gasteiger charge is -2.05. The number of aryl methyl sites for hydroxylation is 1. The van der Waals surface area contributed by atoms with Crippen LogP contribution in [0.4, 0.5) is 0 Å². The van der Waals surface area contributed by atoms with Gasteiger partial charge in [-0.05, 0) is 67.0 Å². The molecule has 0 atom stereocenters. The second-order valence-electron chi connectivity index (χ2n) is 4.50. The van der Waals surface area contributed by atoms with Gasteiger partial charge in [-0.15, -0.1) is 0 Å². The Balaban J connectivity index is 2.27. The van der Waals surface area contributed by atoms with Crippen LogP contribution in [0, 0.1) is 13.8 Å². The van der Waals surface area contributed by atoms with E-state index in [1.165, 1.54) is 11.3 Å².